The number of likely N-dealkylation sites (N-methyl/N-ethyl adjacent to an activating group) is 1. The molecule has 0 saturated carbocycles. The Morgan fingerprint density at radius 2 is 1.81 bits per heavy atom. The van der Waals surface area contributed by atoms with Gasteiger partial charge in [-0.25, -0.2) is 13.4 Å². The van der Waals surface area contributed by atoms with Gasteiger partial charge in [0.2, 0.25) is 5.91 Å². The standard InChI is InChI=1S/C19H17ClN2O3S2/c1-22(14-7-9-15(10-8-14)27(2,24)25)18(23)11-13-12-26-19(21-13)16-5-3-4-6-17(16)20/h3-10,12H,11H2,1-2H3. The molecule has 1 amide bonds. The van der Waals surface area contributed by atoms with Crippen molar-refractivity contribution in [2.75, 3.05) is 18.2 Å². The van der Waals surface area contributed by atoms with Crippen LogP contribution >= 0.6 is 22.9 Å². The van der Waals surface area contributed by atoms with Gasteiger partial charge in [0.25, 0.3) is 0 Å². The molecule has 0 aliphatic carbocycles. The Morgan fingerprint density at radius 1 is 1.15 bits per heavy atom. The van der Waals surface area contributed by atoms with Crippen molar-refractivity contribution in [3.8, 4) is 10.6 Å². The molecule has 0 bridgehead atoms. The number of thiazole rings is 1. The SMILES string of the molecule is CN(C(=O)Cc1csc(-c2ccccc2Cl)n1)c1ccc(S(C)(=O)=O)cc1. The van der Waals surface area contributed by atoms with E-state index in [0.717, 1.165) is 16.8 Å². The van der Waals surface area contributed by atoms with Crippen molar-refractivity contribution in [2.45, 2.75) is 11.3 Å². The number of halogens is 1. The maximum Gasteiger partial charge on any atom is 0.232 e. The molecule has 2 aromatic carbocycles. The molecule has 0 N–H and O–H groups in total. The molecule has 0 radical (unpaired) electrons. The van der Waals surface area contributed by atoms with Gasteiger partial charge >= 0.3 is 0 Å². The number of nitrogens with zero attached hydrogens (tertiary/aromatic N) is 2. The molecule has 1 aromatic heterocycles. The van der Waals surface area contributed by atoms with Gasteiger partial charge in [-0.05, 0) is 30.3 Å². The molecular weight excluding hydrogens is 404 g/mol. The summed E-state index contributed by atoms with van der Waals surface area (Å²) in [5, 5.41) is 3.23. The van der Waals surface area contributed by atoms with Gasteiger partial charge in [0.05, 0.1) is 22.0 Å². The molecule has 0 aliphatic heterocycles. The van der Waals surface area contributed by atoms with Crippen LogP contribution in [0.25, 0.3) is 10.6 Å². The van der Waals surface area contributed by atoms with E-state index >= 15 is 0 Å². The van der Waals surface area contributed by atoms with Crippen molar-refractivity contribution in [3.05, 3.63) is 64.6 Å². The van der Waals surface area contributed by atoms with Crippen LogP contribution < -0.4 is 4.90 Å². The van der Waals surface area contributed by atoms with Gasteiger partial charge in [-0.1, -0.05) is 29.8 Å². The molecule has 140 valence electrons. The maximum absolute atomic E-state index is 12.6. The van der Waals surface area contributed by atoms with E-state index in [-0.39, 0.29) is 17.2 Å². The second kappa shape index (κ2) is 7.80. The Hall–Kier alpha value is -2.22. The van der Waals surface area contributed by atoms with Crippen LogP contribution in [0.4, 0.5) is 5.69 Å². The van der Waals surface area contributed by atoms with Crippen LogP contribution in [0.5, 0.6) is 0 Å². The smallest absolute Gasteiger partial charge is 0.232 e. The largest absolute Gasteiger partial charge is 0.315 e. The third-order valence-corrected chi connectivity index (χ3v) is 6.40. The van der Waals surface area contributed by atoms with E-state index in [9.17, 15) is 13.2 Å². The van der Waals surface area contributed by atoms with E-state index < -0.39 is 9.84 Å². The third kappa shape index (κ3) is 4.55. The van der Waals surface area contributed by atoms with Crippen LogP contribution in [-0.4, -0.2) is 32.6 Å². The molecule has 0 aliphatic rings. The summed E-state index contributed by atoms with van der Waals surface area (Å²) in [6.45, 7) is 0. The number of rotatable bonds is 5. The number of hydrogen-bond donors (Lipinski definition) is 0. The monoisotopic (exact) mass is 420 g/mol. The van der Waals surface area contributed by atoms with Gasteiger partial charge in [0, 0.05) is 29.9 Å². The number of carbonyl (C=O) groups is 1. The van der Waals surface area contributed by atoms with Crippen molar-refractivity contribution in [1.82, 2.24) is 4.98 Å². The molecule has 0 fully saturated rings. The summed E-state index contributed by atoms with van der Waals surface area (Å²) >= 11 is 7.64. The fourth-order valence-electron chi connectivity index (χ4n) is 2.48. The lowest BCUT2D eigenvalue weighted by molar-refractivity contribution is -0.117. The summed E-state index contributed by atoms with van der Waals surface area (Å²) < 4.78 is 23.1. The van der Waals surface area contributed by atoms with Crippen molar-refractivity contribution < 1.29 is 13.2 Å². The van der Waals surface area contributed by atoms with E-state index in [1.165, 1.54) is 28.4 Å². The van der Waals surface area contributed by atoms with Gasteiger partial charge in [-0.2, -0.15) is 0 Å². The summed E-state index contributed by atoms with van der Waals surface area (Å²) in [5.74, 6) is -0.141. The molecule has 27 heavy (non-hydrogen) atoms. The number of anilines is 1. The molecule has 8 heteroatoms. The van der Waals surface area contributed by atoms with E-state index in [2.05, 4.69) is 4.98 Å². The lowest BCUT2D eigenvalue weighted by Gasteiger charge is -2.17. The zero-order valence-corrected chi connectivity index (χ0v) is 17.1. The van der Waals surface area contributed by atoms with Crippen molar-refractivity contribution in [2.24, 2.45) is 0 Å². The van der Waals surface area contributed by atoms with Gasteiger partial charge in [0.15, 0.2) is 9.84 Å². The predicted molar refractivity (Wildman–Crippen MR) is 109 cm³/mol. The number of hydrogen-bond acceptors (Lipinski definition) is 5. The van der Waals surface area contributed by atoms with E-state index in [0.29, 0.717) is 16.4 Å². The Kier molecular flexibility index (Phi) is 5.64. The van der Waals surface area contributed by atoms with Crippen LogP contribution in [0, 0.1) is 0 Å². The average Bonchev–Trinajstić information content (AvgIpc) is 3.09. The quantitative estimate of drug-likeness (QED) is 0.623. The lowest BCUT2D eigenvalue weighted by Crippen LogP contribution is -2.27. The summed E-state index contributed by atoms with van der Waals surface area (Å²) in [4.78, 5) is 18.8. The van der Waals surface area contributed by atoms with Gasteiger partial charge in [-0.3, -0.25) is 4.79 Å². The number of carbonyl (C=O) groups excluding carboxylic acids is 1. The van der Waals surface area contributed by atoms with Gasteiger partial charge < -0.3 is 4.90 Å². The minimum atomic E-state index is -3.26. The fourth-order valence-corrected chi connectivity index (χ4v) is 4.25. The van der Waals surface area contributed by atoms with Crippen LogP contribution in [-0.2, 0) is 21.1 Å². The topological polar surface area (TPSA) is 67.3 Å². The fraction of sp³-hybridized carbons (Fsp3) is 0.158. The minimum Gasteiger partial charge on any atom is -0.315 e. The van der Waals surface area contributed by atoms with Crippen molar-refractivity contribution in [1.29, 1.82) is 0 Å². The minimum absolute atomic E-state index is 0.141. The average molecular weight is 421 g/mol. The highest BCUT2D eigenvalue weighted by Gasteiger charge is 2.16. The molecule has 3 aromatic rings. The maximum atomic E-state index is 12.6. The Labute approximate surface area is 167 Å². The summed E-state index contributed by atoms with van der Waals surface area (Å²) in [6.07, 6.45) is 1.29. The van der Waals surface area contributed by atoms with Crippen LogP contribution in [0.1, 0.15) is 5.69 Å². The molecule has 1 heterocycles. The molecular formula is C19H17ClN2O3S2. The van der Waals surface area contributed by atoms with Crippen LogP contribution in [0.15, 0.2) is 58.8 Å². The Morgan fingerprint density at radius 3 is 2.44 bits per heavy atom. The predicted octanol–water partition coefficient (Wildman–Crippen LogP) is 4.07. The first-order chi connectivity index (χ1) is 12.8. The third-order valence-electron chi connectivity index (χ3n) is 4.01. The highest BCUT2D eigenvalue weighted by molar-refractivity contribution is 7.90. The van der Waals surface area contributed by atoms with Crippen LogP contribution in [0.3, 0.4) is 0 Å². The number of sulfone groups is 1. The zero-order valence-electron chi connectivity index (χ0n) is 14.7. The number of amides is 1. The number of benzene rings is 2. The zero-order chi connectivity index (χ0) is 19.6. The van der Waals surface area contributed by atoms with E-state index in [1.54, 1.807) is 25.2 Å². The highest BCUT2D eigenvalue weighted by Crippen LogP contribution is 2.30. The highest BCUT2D eigenvalue weighted by atomic mass is 35.5. The molecule has 0 spiro atoms. The Bertz CT molecular complexity index is 1080. The van der Waals surface area contributed by atoms with E-state index in [4.69, 9.17) is 11.6 Å². The lowest BCUT2D eigenvalue weighted by atomic mass is 10.2. The molecule has 3 rings (SSSR count). The van der Waals surface area contributed by atoms with Crippen molar-refractivity contribution >= 4 is 44.4 Å². The molecule has 5 nitrogen and oxygen atoms in total. The first kappa shape index (κ1) is 19.5. The van der Waals surface area contributed by atoms with Gasteiger partial charge in [-0.15, -0.1) is 11.3 Å². The Balaban J connectivity index is 1.73. The van der Waals surface area contributed by atoms with E-state index in [1.807, 2.05) is 23.6 Å². The first-order valence-electron chi connectivity index (χ1n) is 8.01. The summed E-state index contributed by atoms with van der Waals surface area (Å²) in [5.41, 5.74) is 2.13. The summed E-state index contributed by atoms with van der Waals surface area (Å²) in [7, 11) is -1.61. The second-order valence-electron chi connectivity index (χ2n) is 6.02. The van der Waals surface area contributed by atoms with Crippen molar-refractivity contribution in [3.63, 3.8) is 0 Å². The molecule has 0 atom stereocenters. The molecule has 0 unspecified atom stereocenters. The second-order valence-corrected chi connectivity index (χ2v) is 9.30. The molecule has 0 saturated heterocycles. The number of aromatic nitrogens is 1. The summed E-state index contributed by atoms with van der Waals surface area (Å²) in [6, 6.07) is 13.7. The van der Waals surface area contributed by atoms with Gasteiger partial charge in [0.1, 0.15) is 5.01 Å². The van der Waals surface area contributed by atoms with Crippen LogP contribution in [0.2, 0.25) is 5.02 Å². The first-order valence-corrected chi connectivity index (χ1v) is 11.2. The normalized spacial score (nSPS) is 11.4.